The van der Waals surface area contributed by atoms with Crippen LogP contribution in [0, 0.1) is 5.92 Å². The van der Waals surface area contributed by atoms with E-state index in [9.17, 15) is 18.0 Å². The summed E-state index contributed by atoms with van der Waals surface area (Å²) in [7, 11) is 0. The third-order valence-electron chi connectivity index (χ3n) is 4.81. The Morgan fingerprint density at radius 3 is 2.50 bits per heavy atom. The Labute approximate surface area is 166 Å². The molecular formula is C20H23F3N2O2S. The maximum absolute atomic E-state index is 12.5. The van der Waals surface area contributed by atoms with Crippen LogP contribution in [0.15, 0.2) is 41.8 Å². The largest absolute Gasteiger partial charge is 0.484 e. The normalized spacial score (nSPS) is 16.1. The average Bonchev–Trinajstić information content (AvgIpc) is 3.18. The van der Waals surface area contributed by atoms with E-state index in [0.717, 1.165) is 44.6 Å². The summed E-state index contributed by atoms with van der Waals surface area (Å²) in [6, 6.07) is 8.54. The van der Waals surface area contributed by atoms with Gasteiger partial charge in [0.05, 0.1) is 5.56 Å². The van der Waals surface area contributed by atoms with Crippen LogP contribution < -0.4 is 10.1 Å². The van der Waals surface area contributed by atoms with E-state index in [1.807, 2.05) is 0 Å². The van der Waals surface area contributed by atoms with Crippen LogP contribution in [-0.4, -0.2) is 37.0 Å². The van der Waals surface area contributed by atoms with E-state index >= 15 is 0 Å². The second-order valence-corrected chi connectivity index (χ2v) is 7.95. The zero-order valence-electron chi connectivity index (χ0n) is 15.4. The number of nitrogens with one attached hydrogen (secondary N) is 1. The lowest BCUT2D eigenvalue weighted by atomic mass is 9.97. The highest BCUT2D eigenvalue weighted by Gasteiger charge is 2.30. The molecule has 1 aromatic heterocycles. The number of benzene rings is 1. The minimum atomic E-state index is -4.38. The second-order valence-electron chi connectivity index (χ2n) is 6.91. The quantitative estimate of drug-likeness (QED) is 0.742. The molecule has 0 unspecified atom stereocenters. The minimum absolute atomic E-state index is 0.206. The Kier molecular flexibility index (Phi) is 6.96. The third kappa shape index (κ3) is 6.24. The Balaban J connectivity index is 1.32. The summed E-state index contributed by atoms with van der Waals surface area (Å²) in [6.07, 6.45) is -2.31. The van der Waals surface area contributed by atoms with Gasteiger partial charge in [-0.1, -0.05) is 6.07 Å². The van der Waals surface area contributed by atoms with Crippen molar-refractivity contribution in [1.29, 1.82) is 0 Å². The minimum Gasteiger partial charge on any atom is -0.484 e. The van der Waals surface area contributed by atoms with Crippen molar-refractivity contribution in [1.82, 2.24) is 10.2 Å². The number of halogens is 3. The van der Waals surface area contributed by atoms with E-state index < -0.39 is 11.7 Å². The first-order chi connectivity index (χ1) is 13.4. The number of amides is 1. The number of carbonyl (C=O) groups is 1. The fourth-order valence-corrected chi connectivity index (χ4v) is 3.92. The monoisotopic (exact) mass is 412 g/mol. The molecule has 0 spiro atoms. The number of carbonyl (C=O) groups excluding carboxylic acids is 1. The van der Waals surface area contributed by atoms with E-state index in [1.165, 1.54) is 17.0 Å². The third-order valence-corrected chi connectivity index (χ3v) is 5.67. The second kappa shape index (κ2) is 9.43. The smallest absolute Gasteiger partial charge is 0.416 e. The lowest BCUT2D eigenvalue weighted by Crippen LogP contribution is -2.39. The maximum atomic E-state index is 12.5. The van der Waals surface area contributed by atoms with Gasteiger partial charge in [0.25, 0.3) is 5.91 Å². The molecule has 0 atom stereocenters. The average molecular weight is 412 g/mol. The van der Waals surface area contributed by atoms with Gasteiger partial charge in [0.2, 0.25) is 0 Å². The SMILES string of the molecule is O=C(COc1ccc(C(F)(F)F)cc1)NCC1CCN(Cc2cccs2)CC1. The lowest BCUT2D eigenvalue weighted by Gasteiger charge is -2.31. The van der Waals surface area contributed by atoms with Gasteiger partial charge in [-0.15, -0.1) is 11.3 Å². The number of hydrogen-bond donors (Lipinski definition) is 1. The number of hydrogen-bond acceptors (Lipinski definition) is 4. The number of piperidine rings is 1. The maximum Gasteiger partial charge on any atom is 0.416 e. The van der Waals surface area contributed by atoms with Crippen molar-refractivity contribution in [2.75, 3.05) is 26.2 Å². The van der Waals surface area contributed by atoms with Gasteiger partial charge in [0, 0.05) is 18.0 Å². The molecule has 4 nitrogen and oxygen atoms in total. The van der Waals surface area contributed by atoms with Crippen molar-refractivity contribution in [2.45, 2.75) is 25.6 Å². The van der Waals surface area contributed by atoms with Crippen LogP contribution in [0.25, 0.3) is 0 Å². The van der Waals surface area contributed by atoms with Gasteiger partial charge in [-0.05, 0) is 67.6 Å². The molecule has 8 heteroatoms. The standard InChI is InChI=1S/C20H23F3N2O2S/c21-20(22,23)16-3-5-17(6-4-16)27-14-19(26)24-12-15-7-9-25(10-8-15)13-18-2-1-11-28-18/h1-6,11,15H,7-10,12-14H2,(H,24,26). The van der Waals surface area contributed by atoms with Crippen molar-refractivity contribution in [2.24, 2.45) is 5.92 Å². The van der Waals surface area contributed by atoms with Crippen LogP contribution in [0.1, 0.15) is 23.3 Å². The predicted octanol–water partition coefficient (Wildman–Crippen LogP) is 4.17. The summed E-state index contributed by atoms with van der Waals surface area (Å²) >= 11 is 1.77. The van der Waals surface area contributed by atoms with Crippen LogP contribution in [0.5, 0.6) is 5.75 Å². The van der Waals surface area contributed by atoms with E-state index in [0.29, 0.717) is 12.5 Å². The highest BCUT2D eigenvalue weighted by molar-refractivity contribution is 7.09. The molecule has 1 aromatic carbocycles. The van der Waals surface area contributed by atoms with Gasteiger partial charge >= 0.3 is 6.18 Å². The molecule has 28 heavy (non-hydrogen) atoms. The summed E-state index contributed by atoms with van der Waals surface area (Å²) in [5.74, 6) is 0.417. The zero-order chi connectivity index (χ0) is 20.0. The van der Waals surface area contributed by atoms with Crippen molar-refractivity contribution >= 4 is 17.2 Å². The highest BCUT2D eigenvalue weighted by atomic mass is 32.1. The summed E-state index contributed by atoms with van der Waals surface area (Å²) in [5.41, 5.74) is -0.741. The first-order valence-corrected chi connectivity index (χ1v) is 10.1. The molecule has 0 aliphatic carbocycles. The molecule has 2 heterocycles. The van der Waals surface area contributed by atoms with E-state index in [1.54, 1.807) is 11.3 Å². The molecule has 1 saturated heterocycles. The van der Waals surface area contributed by atoms with Gasteiger partial charge in [-0.25, -0.2) is 0 Å². The Bertz CT molecular complexity index is 740. The van der Waals surface area contributed by atoms with E-state index in [4.69, 9.17) is 4.74 Å². The van der Waals surface area contributed by atoms with Crippen molar-refractivity contribution in [3.63, 3.8) is 0 Å². The fraction of sp³-hybridized carbons (Fsp3) is 0.450. The highest BCUT2D eigenvalue weighted by Crippen LogP contribution is 2.30. The van der Waals surface area contributed by atoms with Crippen molar-refractivity contribution in [3.8, 4) is 5.75 Å². The van der Waals surface area contributed by atoms with Gasteiger partial charge in [-0.2, -0.15) is 13.2 Å². The number of alkyl halides is 3. The lowest BCUT2D eigenvalue weighted by molar-refractivity contribution is -0.137. The summed E-state index contributed by atoms with van der Waals surface area (Å²) in [5, 5.41) is 4.95. The molecule has 1 amide bonds. The van der Waals surface area contributed by atoms with Crippen molar-refractivity contribution in [3.05, 3.63) is 52.2 Å². The molecule has 152 valence electrons. The van der Waals surface area contributed by atoms with Gasteiger partial charge < -0.3 is 10.1 Å². The summed E-state index contributed by atoms with van der Waals surface area (Å²) in [6.45, 7) is 3.41. The summed E-state index contributed by atoms with van der Waals surface area (Å²) in [4.78, 5) is 15.7. The predicted molar refractivity (Wildman–Crippen MR) is 102 cm³/mol. The van der Waals surface area contributed by atoms with E-state index in [2.05, 4.69) is 27.7 Å². The Hall–Kier alpha value is -2.06. The molecule has 1 N–H and O–H groups in total. The molecule has 2 aromatic rings. The molecule has 3 rings (SSSR count). The molecule has 1 fully saturated rings. The summed E-state index contributed by atoms with van der Waals surface area (Å²) < 4.78 is 42.8. The topological polar surface area (TPSA) is 41.6 Å². The van der Waals surface area contributed by atoms with Crippen molar-refractivity contribution < 1.29 is 22.7 Å². The molecular weight excluding hydrogens is 389 g/mol. The molecule has 0 radical (unpaired) electrons. The Morgan fingerprint density at radius 1 is 1.18 bits per heavy atom. The first-order valence-electron chi connectivity index (χ1n) is 9.21. The van der Waals surface area contributed by atoms with Crippen LogP contribution >= 0.6 is 11.3 Å². The van der Waals surface area contributed by atoms with Gasteiger partial charge in [-0.3, -0.25) is 9.69 Å². The van der Waals surface area contributed by atoms with Gasteiger partial charge in [0.15, 0.2) is 6.61 Å². The first kappa shape index (κ1) is 20.7. The molecule has 0 saturated carbocycles. The molecule has 1 aliphatic rings. The number of rotatable bonds is 7. The molecule has 0 bridgehead atoms. The number of ether oxygens (including phenoxy) is 1. The van der Waals surface area contributed by atoms with Crippen LogP contribution in [0.4, 0.5) is 13.2 Å². The van der Waals surface area contributed by atoms with Crippen LogP contribution in [-0.2, 0) is 17.5 Å². The van der Waals surface area contributed by atoms with Gasteiger partial charge in [0.1, 0.15) is 5.75 Å². The zero-order valence-corrected chi connectivity index (χ0v) is 16.2. The molecule has 1 aliphatic heterocycles. The van der Waals surface area contributed by atoms with E-state index in [-0.39, 0.29) is 18.3 Å². The van der Waals surface area contributed by atoms with Crippen LogP contribution in [0.3, 0.4) is 0 Å². The fourth-order valence-electron chi connectivity index (χ4n) is 3.17. The number of nitrogens with zero attached hydrogens (tertiary/aromatic N) is 1. The van der Waals surface area contributed by atoms with Crippen LogP contribution in [0.2, 0.25) is 0 Å². The Morgan fingerprint density at radius 2 is 1.89 bits per heavy atom. The number of thiophene rings is 1. The number of likely N-dealkylation sites (tertiary alicyclic amines) is 1.